The van der Waals surface area contributed by atoms with Crippen LogP contribution in [0.3, 0.4) is 0 Å². The molecular weight excluding hydrogens is 336 g/mol. The summed E-state index contributed by atoms with van der Waals surface area (Å²) in [5.74, 6) is 0.717. The summed E-state index contributed by atoms with van der Waals surface area (Å²) in [6, 6.07) is 21.8. The van der Waals surface area contributed by atoms with Gasteiger partial charge in [-0.25, -0.2) is 0 Å². The normalized spacial score (nSPS) is 10.7. The van der Waals surface area contributed by atoms with E-state index in [9.17, 15) is 4.79 Å². The summed E-state index contributed by atoms with van der Waals surface area (Å²) in [6.45, 7) is 1.11. The number of nitrogens with zero attached hydrogens (tertiary/aromatic N) is 1. The first-order valence-corrected chi connectivity index (χ1v) is 8.91. The Hall–Kier alpha value is -3.40. The molecule has 136 valence electrons. The lowest BCUT2D eigenvalue weighted by molar-refractivity contribution is -0.116. The number of nitrogens with one attached hydrogen (secondary N) is 1. The van der Waals surface area contributed by atoms with Crippen LogP contribution >= 0.6 is 0 Å². The minimum atomic E-state index is -0.115. The molecule has 1 heterocycles. The molecule has 0 aliphatic carbocycles. The van der Waals surface area contributed by atoms with Gasteiger partial charge >= 0.3 is 0 Å². The Kier molecular flexibility index (Phi) is 6.76. The van der Waals surface area contributed by atoms with Crippen LogP contribution in [0.4, 0.5) is 0 Å². The van der Waals surface area contributed by atoms with Crippen molar-refractivity contribution in [2.24, 2.45) is 0 Å². The third-order valence-corrected chi connectivity index (χ3v) is 3.97. The van der Waals surface area contributed by atoms with E-state index in [0.29, 0.717) is 13.2 Å². The average Bonchev–Trinajstić information content (AvgIpc) is 2.73. The second-order valence-corrected chi connectivity index (χ2v) is 6.08. The van der Waals surface area contributed by atoms with Gasteiger partial charge in [-0.2, -0.15) is 0 Å². The maximum atomic E-state index is 11.9. The smallest absolute Gasteiger partial charge is 0.244 e. The van der Waals surface area contributed by atoms with Gasteiger partial charge in [-0.05, 0) is 47.4 Å². The van der Waals surface area contributed by atoms with E-state index in [2.05, 4.69) is 10.3 Å². The van der Waals surface area contributed by atoms with Gasteiger partial charge in [-0.15, -0.1) is 0 Å². The molecule has 1 amide bonds. The largest absolute Gasteiger partial charge is 0.489 e. The van der Waals surface area contributed by atoms with Crippen LogP contribution in [0.15, 0.2) is 85.2 Å². The molecule has 0 saturated heterocycles. The van der Waals surface area contributed by atoms with Gasteiger partial charge in [0.05, 0.1) is 0 Å². The fourth-order valence-electron chi connectivity index (χ4n) is 2.57. The molecule has 0 aliphatic heterocycles. The van der Waals surface area contributed by atoms with Crippen LogP contribution < -0.4 is 10.1 Å². The number of hydrogen-bond donors (Lipinski definition) is 1. The molecular formula is C23H22N2O2. The molecule has 3 rings (SSSR count). The lowest BCUT2D eigenvalue weighted by Gasteiger charge is -2.08. The molecule has 0 radical (unpaired) electrons. The highest BCUT2D eigenvalue weighted by Crippen LogP contribution is 2.15. The Balaban J connectivity index is 1.44. The van der Waals surface area contributed by atoms with Crippen molar-refractivity contribution in [2.75, 3.05) is 6.54 Å². The van der Waals surface area contributed by atoms with Crippen LogP contribution in [0.1, 0.15) is 16.7 Å². The molecule has 0 fully saturated rings. The standard InChI is InChI=1S/C23H22N2O2/c26-23(12-11-20-9-5-14-24-17-20)25-15-13-19-8-4-10-22(16-19)27-18-21-6-2-1-3-7-21/h1-12,14,16-17H,13,15,18H2,(H,25,26)/b12-11+. The summed E-state index contributed by atoms with van der Waals surface area (Å²) in [5.41, 5.74) is 3.16. The summed E-state index contributed by atoms with van der Waals surface area (Å²) < 4.78 is 5.84. The monoisotopic (exact) mass is 358 g/mol. The maximum absolute atomic E-state index is 11.9. The zero-order valence-corrected chi connectivity index (χ0v) is 15.0. The van der Waals surface area contributed by atoms with E-state index < -0.39 is 0 Å². The van der Waals surface area contributed by atoms with Crippen molar-refractivity contribution in [3.63, 3.8) is 0 Å². The first kappa shape index (κ1) is 18.4. The second kappa shape index (κ2) is 9.92. The first-order valence-electron chi connectivity index (χ1n) is 8.91. The van der Waals surface area contributed by atoms with Crippen molar-refractivity contribution < 1.29 is 9.53 Å². The van der Waals surface area contributed by atoms with Crippen molar-refractivity contribution in [2.45, 2.75) is 13.0 Å². The zero-order valence-electron chi connectivity index (χ0n) is 15.0. The predicted octanol–water partition coefficient (Wildman–Crippen LogP) is 4.03. The van der Waals surface area contributed by atoms with Crippen molar-refractivity contribution >= 4 is 12.0 Å². The first-order chi connectivity index (χ1) is 13.3. The Morgan fingerprint density at radius 2 is 1.85 bits per heavy atom. The van der Waals surface area contributed by atoms with Crippen LogP contribution in [0.25, 0.3) is 6.08 Å². The topological polar surface area (TPSA) is 51.2 Å². The molecule has 0 bridgehead atoms. The number of amides is 1. The molecule has 4 heteroatoms. The highest BCUT2D eigenvalue weighted by atomic mass is 16.5. The van der Waals surface area contributed by atoms with Gasteiger partial charge in [0.15, 0.2) is 0 Å². The van der Waals surface area contributed by atoms with E-state index in [1.54, 1.807) is 18.5 Å². The second-order valence-electron chi connectivity index (χ2n) is 6.08. The number of rotatable bonds is 8. The fraction of sp³-hybridized carbons (Fsp3) is 0.130. The Bertz CT molecular complexity index is 877. The minimum Gasteiger partial charge on any atom is -0.489 e. The molecule has 0 saturated carbocycles. The van der Waals surface area contributed by atoms with Gasteiger partial charge in [0.1, 0.15) is 12.4 Å². The minimum absolute atomic E-state index is 0.115. The number of carbonyl (C=O) groups excluding carboxylic acids is 1. The van der Waals surface area contributed by atoms with Crippen LogP contribution in [0.5, 0.6) is 5.75 Å². The molecule has 1 N–H and O–H groups in total. The molecule has 0 unspecified atom stereocenters. The number of carbonyl (C=O) groups is 1. The SMILES string of the molecule is O=C(/C=C/c1cccnc1)NCCc1cccc(OCc2ccccc2)c1. The van der Waals surface area contributed by atoms with Gasteiger partial charge in [-0.1, -0.05) is 48.5 Å². The van der Waals surface area contributed by atoms with E-state index in [0.717, 1.165) is 28.9 Å². The third-order valence-electron chi connectivity index (χ3n) is 3.97. The molecule has 1 aromatic heterocycles. The van der Waals surface area contributed by atoms with E-state index in [1.165, 1.54) is 6.08 Å². The van der Waals surface area contributed by atoms with E-state index >= 15 is 0 Å². The van der Waals surface area contributed by atoms with Crippen LogP contribution in [-0.2, 0) is 17.8 Å². The van der Waals surface area contributed by atoms with Crippen LogP contribution in [0.2, 0.25) is 0 Å². The molecule has 27 heavy (non-hydrogen) atoms. The van der Waals surface area contributed by atoms with Crippen molar-refractivity contribution in [3.05, 3.63) is 102 Å². The number of pyridine rings is 1. The van der Waals surface area contributed by atoms with Crippen molar-refractivity contribution in [3.8, 4) is 5.75 Å². The Labute approximate surface area is 159 Å². The summed E-state index contributed by atoms with van der Waals surface area (Å²) >= 11 is 0. The van der Waals surface area contributed by atoms with Crippen molar-refractivity contribution in [1.82, 2.24) is 10.3 Å². The van der Waals surface area contributed by atoms with Crippen molar-refractivity contribution in [1.29, 1.82) is 0 Å². The third kappa shape index (κ3) is 6.44. The molecule has 0 atom stereocenters. The van der Waals surface area contributed by atoms with Crippen LogP contribution in [-0.4, -0.2) is 17.4 Å². The van der Waals surface area contributed by atoms with E-state index in [-0.39, 0.29) is 5.91 Å². The van der Waals surface area contributed by atoms with E-state index in [1.807, 2.05) is 66.7 Å². The average molecular weight is 358 g/mol. The summed E-state index contributed by atoms with van der Waals surface area (Å²) in [5, 5.41) is 2.89. The maximum Gasteiger partial charge on any atom is 0.244 e. The molecule has 0 aliphatic rings. The summed E-state index contributed by atoms with van der Waals surface area (Å²) in [6.07, 6.45) is 7.44. The lowest BCUT2D eigenvalue weighted by Crippen LogP contribution is -2.23. The molecule has 2 aromatic carbocycles. The van der Waals surface area contributed by atoms with Gasteiger partial charge in [0, 0.05) is 25.0 Å². The number of hydrogen-bond acceptors (Lipinski definition) is 3. The Morgan fingerprint density at radius 3 is 2.67 bits per heavy atom. The van der Waals surface area contributed by atoms with Gasteiger partial charge in [-0.3, -0.25) is 9.78 Å². The predicted molar refractivity (Wildman–Crippen MR) is 107 cm³/mol. The molecule has 3 aromatic rings. The molecule has 0 spiro atoms. The van der Waals surface area contributed by atoms with Crippen LogP contribution in [0, 0.1) is 0 Å². The highest BCUT2D eigenvalue weighted by molar-refractivity contribution is 5.91. The Morgan fingerprint density at radius 1 is 1.00 bits per heavy atom. The van der Waals surface area contributed by atoms with E-state index in [4.69, 9.17) is 4.74 Å². The van der Waals surface area contributed by atoms with Gasteiger partial charge in [0.2, 0.25) is 5.91 Å². The quantitative estimate of drug-likeness (QED) is 0.619. The lowest BCUT2D eigenvalue weighted by atomic mass is 10.1. The van der Waals surface area contributed by atoms with Gasteiger partial charge in [0.25, 0.3) is 0 Å². The number of ether oxygens (including phenoxy) is 1. The number of aromatic nitrogens is 1. The summed E-state index contributed by atoms with van der Waals surface area (Å²) in [4.78, 5) is 15.9. The fourth-order valence-corrected chi connectivity index (χ4v) is 2.57. The van der Waals surface area contributed by atoms with Gasteiger partial charge < -0.3 is 10.1 Å². The zero-order chi connectivity index (χ0) is 18.7. The summed E-state index contributed by atoms with van der Waals surface area (Å²) in [7, 11) is 0. The molecule has 4 nitrogen and oxygen atoms in total. The number of benzene rings is 2. The highest BCUT2D eigenvalue weighted by Gasteiger charge is 2.00.